The fourth-order valence-electron chi connectivity index (χ4n) is 2.87. The van der Waals surface area contributed by atoms with Gasteiger partial charge >= 0.3 is 5.97 Å². The maximum Gasteiger partial charge on any atom is 0.331 e. The monoisotopic (exact) mass is 349 g/mol. The highest BCUT2D eigenvalue weighted by Gasteiger charge is 2.25. The highest BCUT2D eigenvalue weighted by Crippen LogP contribution is 2.23. The van der Waals surface area contributed by atoms with Gasteiger partial charge in [-0.3, -0.25) is 4.79 Å². The first-order valence-corrected chi connectivity index (χ1v) is 8.78. The van der Waals surface area contributed by atoms with Gasteiger partial charge in [-0.25, -0.2) is 4.79 Å². The van der Waals surface area contributed by atoms with E-state index in [9.17, 15) is 9.59 Å². The Morgan fingerprint density at radius 3 is 2.79 bits per heavy atom. The van der Waals surface area contributed by atoms with Crippen LogP contribution in [0.5, 0.6) is 0 Å². The first kappa shape index (κ1) is 18.5. The van der Waals surface area contributed by atoms with Gasteiger partial charge in [0, 0.05) is 17.1 Å². The predicted molar refractivity (Wildman–Crippen MR) is 95.6 cm³/mol. The van der Waals surface area contributed by atoms with Crippen LogP contribution in [0, 0.1) is 5.92 Å². The van der Waals surface area contributed by atoms with Gasteiger partial charge in [0.15, 0.2) is 6.10 Å². The van der Waals surface area contributed by atoms with Crippen molar-refractivity contribution in [1.29, 1.82) is 0 Å². The van der Waals surface area contributed by atoms with Crippen molar-refractivity contribution in [2.24, 2.45) is 5.92 Å². The van der Waals surface area contributed by atoms with E-state index in [0.29, 0.717) is 10.9 Å². The number of ether oxygens (including phenoxy) is 1. The SMILES string of the molecule is C[C@H](OC(=O)/C=C/c1cccc(Cl)c1)C(=O)N[C@H]1CCCC[C@@H]1C. The third-order valence-corrected chi connectivity index (χ3v) is 4.60. The zero-order valence-corrected chi connectivity index (χ0v) is 14.9. The molecule has 0 unspecified atom stereocenters. The van der Waals surface area contributed by atoms with Crippen LogP contribution in [-0.4, -0.2) is 24.0 Å². The van der Waals surface area contributed by atoms with E-state index in [1.165, 1.54) is 12.5 Å². The van der Waals surface area contributed by atoms with E-state index in [4.69, 9.17) is 16.3 Å². The molecule has 1 saturated carbocycles. The van der Waals surface area contributed by atoms with E-state index in [1.807, 2.05) is 6.07 Å². The Morgan fingerprint density at radius 1 is 1.33 bits per heavy atom. The summed E-state index contributed by atoms with van der Waals surface area (Å²) < 4.78 is 5.17. The van der Waals surface area contributed by atoms with Crippen LogP contribution in [0.3, 0.4) is 0 Å². The van der Waals surface area contributed by atoms with E-state index in [0.717, 1.165) is 24.8 Å². The summed E-state index contributed by atoms with van der Waals surface area (Å²) in [5.41, 5.74) is 0.799. The van der Waals surface area contributed by atoms with E-state index >= 15 is 0 Å². The number of hydrogen-bond acceptors (Lipinski definition) is 3. The molecule has 0 saturated heterocycles. The minimum absolute atomic E-state index is 0.175. The van der Waals surface area contributed by atoms with Crippen molar-refractivity contribution in [3.63, 3.8) is 0 Å². The molecule has 1 fully saturated rings. The molecule has 3 atom stereocenters. The molecule has 1 N–H and O–H groups in total. The lowest BCUT2D eigenvalue weighted by Gasteiger charge is -2.30. The molecule has 1 aromatic rings. The summed E-state index contributed by atoms with van der Waals surface area (Å²) in [5.74, 6) is -0.319. The number of halogens is 1. The smallest absolute Gasteiger partial charge is 0.331 e. The average molecular weight is 350 g/mol. The second-order valence-corrected chi connectivity index (χ2v) is 6.78. The summed E-state index contributed by atoms with van der Waals surface area (Å²) in [6.07, 6.45) is 6.57. The van der Waals surface area contributed by atoms with Crippen molar-refractivity contribution >= 4 is 29.6 Å². The molecular weight excluding hydrogens is 326 g/mol. The molecule has 0 aliphatic heterocycles. The Morgan fingerprint density at radius 2 is 2.08 bits per heavy atom. The Kier molecular flexibility index (Phi) is 6.85. The maximum atomic E-state index is 12.2. The lowest BCUT2D eigenvalue weighted by molar-refractivity contribution is -0.150. The summed E-state index contributed by atoms with van der Waals surface area (Å²) in [6.45, 7) is 3.74. The van der Waals surface area contributed by atoms with Crippen LogP contribution in [0.2, 0.25) is 5.02 Å². The number of carbonyl (C=O) groups excluding carboxylic acids is 2. The van der Waals surface area contributed by atoms with E-state index in [1.54, 1.807) is 31.2 Å². The van der Waals surface area contributed by atoms with Gasteiger partial charge in [-0.2, -0.15) is 0 Å². The lowest BCUT2D eigenvalue weighted by atomic mass is 9.86. The van der Waals surface area contributed by atoms with Gasteiger partial charge in [0.1, 0.15) is 0 Å². The highest BCUT2D eigenvalue weighted by atomic mass is 35.5. The molecule has 0 heterocycles. The van der Waals surface area contributed by atoms with Gasteiger partial charge in [-0.1, -0.05) is 43.5 Å². The Hall–Kier alpha value is -1.81. The Labute approximate surface area is 148 Å². The average Bonchev–Trinajstić information content (AvgIpc) is 2.55. The summed E-state index contributed by atoms with van der Waals surface area (Å²) >= 11 is 5.89. The van der Waals surface area contributed by atoms with E-state index in [-0.39, 0.29) is 11.9 Å². The van der Waals surface area contributed by atoms with Crippen LogP contribution in [-0.2, 0) is 14.3 Å². The number of carbonyl (C=O) groups is 2. The molecule has 1 aromatic carbocycles. The fraction of sp³-hybridized carbons (Fsp3) is 0.474. The van der Waals surface area contributed by atoms with Crippen molar-refractivity contribution in [3.8, 4) is 0 Å². The van der Waals surface area contributed by atoms with E-state index < -0.39 is 12.1 Å². The molecule has 0 bridgehead atoms. The number of hydrogen-bond donors (Lipinski definition) is 1. The third-order valence-electron chi connectivity index (χ3n) is 4.36. The predicted octanol–water partition coefficient (Wildman–Crippen LogP) is 3.98. The van der Waals surface area contributed by atoms with Crippen LogP contribution < -0.4 is 5.32 Å². The molecule has 130 valence electrons. The normalized spacial score (nSPS) is 22.1. The molecule has 0 spiro atoms. The molecular formula is C19H24ClNO3. The number of amides is 1. The van der Waals surface area contributed by atoms with Gasteiger partial charge in [0.25, 0.3) is 5.91 Å². The lowest BCUT2D eigenvalue weighted by Crippen LogP contribution is -2.45. The molecule has 1 aliphatic rings. The molecule has 1 amide bonds. The van der Waals surface area contributed by atoms with Gasteiger partial charge < -0.3 is 10.1 Å². The molecule has 1 aliphatic carbocycles. The maximum absolute atomic E-state index is 12.2. The van der Waals surface area contributed by atoms with Crippen molar-refractivity contribution < 1.29 is 14.3 Å². The third kappa shape index (κ3) is 5.68. The van der Waals surface area contributed by atoms with Crippen LogP contribution in [0.25, 0.3) is 6.08 Å². The standard InChI is InChI=1S/C19H24ClNO3/c1-13-6-3-4-9-17(13)21-19(23)14(2)24-18(22)11-10-15-7-5-8-16(20)12-15/h5,7-8,10-14,17H,3-4,6,9H2,1-2H3,(H,21,23)/b11-10+/t13-,14-,17-/m0/s1. The second kappa shape index (κ2) is 8.88. The van der Waals surface area contributed by atoms with Crippen LogP contribution in [0.15, 0.2) is 30.3 Å². The summed E-state index contributed by atoms with van der Waals surface area (Å²) in [7, 11) is 0. The Bertz CT molecular complexity index is 614. The summed E-state index contributed by atoms with van der Waals surface area (Å²) in [5, 5.41) is 3.59. The highest BCUT2D eigenvalue weighted by molar-refractivity contribution is 6.30. The van der Waals surface area contributed by atoms with Crippen LogP contribution in [0.4, 0.5) is 0 Å². The molecule has 0 aromatic heterocycles. The fourth-order valence-corrected chi connectivity index (χ4v) is 3.07. The van der Waals surface area contributed by atoms with Crippen molar-refractivity contribution in [3.05, 3.63) is 40.9 Å². The molecule has 4 nitrogen and oxygen atoms in total. The van der Waals surface area contributed by atoms with Gasteiger partial charge in [0.2, 0.25) is 0 Å². The topological polar surface area (TPSA) is 55.4 Å². The summed E-state index contributed by atoms with van der Waals surface area (Å²) in [6, 6.07) is 7.31. The number of esters is 1. The number of nitrogens with one attached hydrogen (secondary N) is 1. The van der Waals surface area contributed by atoms with Gasteiger partial charge in [0.05, 0.1) is 0 Å². The van der Waals surface area contributed by atoms with Crippen LogP contribution in [0.1, 0.15) is 45.1 Å². The molecule has 2 rings (SSSR count). The number of benzene rings is 1. The quantitative estimate of drug-likeness (QED) is 0.646. The molecule has 5 heteroatoms. The minimum Gasteiger partial charge on any atom is -0.449 e. The first-order valence-electron chi connectivity index (χ1n) is 8.40. The number of rotatable bonds is 5. The van der Waals surface area contributed by atoms with E-state index in [2.05, 4.69) is 12.2 Å². The van der Waals surface area contributed by atoms with Gasteiger partial charge in [-0.15, -0.1) is 0 Å². The minimum atomic E-state index is -0.810. The molecule has 0 radical (unpaired) electrons. The summed E-state index contributed by atoms with van der Waals surface area (Å²) in [4.78, 5) is 24.0. The van der Waals surface area contributed by atoms with Gasteiger partial charge in [-0.05, 0) is 49.5 Å². The zero-order valence-electron chi connectivity index (χ0n) is 14.1. The zero-order chi connectivity index (χ0) is 17.5. The largest absolute Gasteiger partial charge is 0.449 e. The van der Waals surface area contributed by atoms with Crippen molar-refractivity contribution in [1.82, 2.24) is 5.32 Å². The van der Waals surface area contributed by atoms with Crippen LogP contribution >= 0.6 is 11.6 Å². The van der Waals surface area contributed by atoms with Crippen molar-refractivity contribution in [2.45, 2.75) is 51.7 Å². The first-order chi connectivity index (χ1) is 11.5. The molecule has 24 heavy (non-hydrogen) atoms. The Balaban J connectivity index is 1.83. The van der Waals surface area contributed by atoms with Crippen molar-refractivity contribution in [2.75, 3.05) is 0 Å². The second-order valence-electron chi connectivity index (χ2n) is 6.34.